The molecule has 0 aromatic carbocycles. The van der Waals surface area contributed by atoms with E-state index in [4.69, 9.17) is 66.3 Å². The van der Waals surface area contributed by atoms with Gasteiger partial charge in [-0.2, -0.15) is 0 Å². The minimum atomic E-state index is -2.21. The van der Waals surface area contributed by atoms with Gasteiger partial charge in [-0.25, -0.2) is 0 Å². The van der Waals surface area contributed by atoms with Gasteiger partial charge < -0.3 is 179 Å². The Bertz CT molecular complexity index is 1910. The van der Waals surface area contributed by atoms with Crippen LogP contribution in [0.3, 0.4) is 0 Å². The molecule has 0 aromatic rings. The van der Waals surface area contributed by atoms with Crippen molar-refractivity contribution in [3.05, 3.63) is 0 Å². The van der Waals surface area contributed by atoms with Gasteiger partial charge in [0.1, 0.15) is 171 Å². The van der Waals surface area contributed by atoms with E-state index >= 15 is 0 Å². The predicted octanol–water partition coefficient (Wildman–Crippen LogP) is -15.3. The van der Waals surface area contributed by atoms with Crippen LogP contribution in [0.5, 0.6) is 0 Å². The van der Waals surface area contributed by atoms with Crippen molar-refractivity contribution in [3.8, 4) is 0 Å². The van der Waals surface area contributed by atoms with Crippen LogP contribution in [-0.4, -0.2) is 381 Å². The van der Waals surface area contributed by atoms with Gasteiger partial charge in [0.25, 0.3) is 0 Å². The largest absolute Gasteiger partial charge is 0.394 e. The highest BCUT2D eigenvalue weighted by atomic mass is 16.8. The molecule has 21 saturated heterocycles. The van der Waals surface area contributed by atoms with Crippen LogP contribution in [0.25, 0.3) is 0 Å². The molecule has 0 amide bonds. The Morgan fingerprint density at radius 1 is 0.259 bits per heavy atom. The van der Waals surface area contributed by atoms with Gasteiger partial charge in [0, 0.05) is 13.1 Å². The van der Waals surface area contributed by atoms with Crippen molar-refractivity contribution < 1.29 is 174 Å². The van der Waals surface area contributed by atoms with E-state index in [9.17, 15) is 107 Å². The molecule has 21 fully saturated rings. The highest BCUT2D eigenvalue weighted by Crippen LogP contribution is 2.39. The summed E-state index contributed by atoms with van der Waals surface area (Å²) < 4.78 is 80.7. The van der Waals surface area contributed by atoms with E-state index in [1.54, 1.807) is 0 Å². The van der Waals surface area contributed by atoms with Crippen molar-refractivity contribution in [2.45, 2.75) is 228 Å². The lowest BCUT2D eigenvalue weighted by molar-refractivity contribution is -0.396. The summed E-state index contributed by atoms with van der Waals surface area (Å²) in [6.45, 7) is -5.31. The number of hydrogen-bond acceptors (Lipinski definition) is 36. The third kappa shape index (κ3) is 13.5. The zero-order chi connectivity index (χ0) is 59.0. The third-order valence-corrected chi connectivity index (χ3v) is 15.4. The van der Waals surface area contributed by atoms with E-state index in [1.807, 2.05) is 0 Å². The molecule has 0 aliphatic carbocycles. The lowest BCUT2D eigenvalue weighted by Gasteiger charge is -2.50. The van der Waals surface area contributed by atoms with Crippen LogP contribution in [0.4, 0.5) is 0 Å². The first-order valence-corrected chi connectivity index (χ1v) is 26.3. The fourth-order valence-corrected chi connectivity index (χ4v) is 10.9. The molecule has 21 aliphatic heterocycles. The molecule has 36 nitrogen and oxygen atoms in total. The lowest BCUT2D eigenvalue weighted by Crippen LogP contribution is -2.68. The molecule has 36 heteroatoms. The maximum atomic E-state index is 11.6. The van der Waals surface area contributed by atoms with Gasteiger partial charge in [-0.15, -0.1) is 0 Å². The molecular weight excluding hydrogens is 1110 g/mol. The molecular formula is C45H77NO35. The third-order valence-electron chi connectivity index (χ3n) is 15.4. The maximum Gasteiger partial charge on any atom is 0.187 e. The van der Waals surface area contributed by atoms with Gasteiger partial charge in [0.2, 0.25) is 0 Å². The Morgan fingerprint density at radius 2 is 0.420 bits per heavy atom. The first-order chi connectivity index (χ1) is 38.5. The molecule has 81 heavy (non-hydrogen) atoms. The Balaban J connectivity index is 1.09. The van der Waals surface area contributed by atoms with Crippen LogP contribution < -0.4 is 5.32 Å². The van der Waals surface area contributed by atoms with E-state index < -0.39 is 261 Å². The molecule has 14 bridgehead atoms. The number of hydrogen-bond donors (Lipinski definition) is 22. The Kier molecular flexibility index (Phi) is 22.8. The van der Waals surface area contributed by atoms with Crippen LogP contribution in [0.15, 0.2) is 0 Å². The van der Waals surface area contributed by atoms with E-state index in [0.717, 1.165) is 0 Å². The summed E-state index contributed by atoms with van der Waals surface area (Å²) in [7, 11) is 0. The Hall–Kier alpha value is -1.44. The highest BCUT2D eigenvalue weighted by Gasteiger charge is 2.59. The van der Waals surface area contributed by atoms with E-state index in [0.29, 0.717) is 0 Å². The predicted molar refractivity (Wildman–Crippen MR) is 246 cm³/mol. The van der Waals surface area contributed by atoms with Crippen LogP contribution in [-0.2, 0) is 66.3 Å². The zero-order valence-electron chi connectivity index (χ0n) is 43.0. The molecule has 21 aliphatic rings. The van der Waals surface area contributed by atoms with Crippen molar-refractivity contribution >= 4 is 0 Å². The summed E-state index contributed by atoms with van der Waals surface area (Å²) in [5.41, 5.74) is 0. The van der Waals surface area contributed by atoms with Crippen molar-refractivity contribution in [3.63, 3.8) is 0 Å². The number of ether oxygens (including phenoxy) is 14. The van der Waals surface area contributed by atoms with Gasteiger partial charge in [-0.3, -0.25) is 0 Å². The molecule has 0 saturated carbocycles. The number of nitrogens with one attached hydrogen (secondary N) is 1. The van der Waals surface area contributed by atoms with E-state index in [2.05, 4.69) is 5.32 Å². The zero-order valence-corrected chi connectivity index (χ0v) is 43.0. The maximum absolute atomic E-state index is 11.6. The molecule has 0 aromatic heterocycles. The van der Waals surface area contributed by atoms with Crippen LogP contribution in [0, 0.1) is 0 Å². The van der Waals surface area contributed by atoms with Crippen molar-refractivity contribution in [2.75, 3.05) is 52.7 Å². The number of rotatable bonds is 10. The first kappa shape index (κ1) is 65.5. The summed E-state index contributed by atoms with van der Waals surface area (Å²) >= 11 is 0. The summed E-state index contributed by atoms with van der Waals surface area (Å²) in [6, 6.07) is 0. The smallest absolute Gasteiger partial charge is 0.187 e. The standard InChI is InChI=1S/C45H77NO35/c1-10(53)2-46-3-11-32-18(54)25(61)39(68-11)76-33-12(4-47)70-41(27(63)20(33)56)78-35-14(6-49)72-43(29(65)22(35)58)80-37-16(8-51)74-45(31(67)24(37)60)81-38-17(9-52)73-44(30(66)23(38)59)79-36-15(7-50)71-42(28(64)21(36)57)77-34-13(5-48)69-40(75-32)26(62)19(34)55/h10-67H,2-9H2,1H3/t10-,11+,12+,13+,14+,15+,16+,17+,18+,19+,20+,21+,22+,23+,24+,25+,26+,27+,28+,29?,30+,31+,32+,33+,34+,35+,36+,37+,38+,39+,40+,41+,42+,43+,44+,45+/m0/s1. The summed E-state index contributed by atoms with van der Waals surface area (Å²) in [5, 5.41) is 235. The average Bonchev–Trinajstić information content (AvgIpc) is 3.45. The van der Waals surface area contributed by atoms with Crippen LogP contribution in [0.2, 0.25) is 0 Å². The topological polar surface area (TPSA) is 566 Å². The quantitative estimate of drug-likeness (QED) is 0.0966. The number of aliphatic hydroxyl groups is 21. The second-order valence-corrected chi connectivity index (χ2v) is 21.0. The van der Waals surface area contributed by atoms with Gasteiger partial charge in [0.05, 0.1) is 45.7 Å². The van der Waals surface area contributed by atoms with Crippen LogP contribution >= 0.6 is 0 Å². The first-order valence-electron chi connectivity index (χ1n) is 26.3. The lowest BCUT2D eigenvalue weighted by atomic mass is 9.95. The second kappa shape index (κ2) is 28.2. The van der Waals surface area contributed by atoms with Gasteiger partial charge in [-0.05, 0) is 6.92 Å². The SMILES string of the molecule is C[C@H](O)CNC[C@H]1O[C@@H]2O[C@H]3[C@H](O)[C@@H](O)[C@@H](O[C@H]4[C@H](O)C(O)[C@@H](O[C@H]5[C@H](O)[C@@H](O)[C@@H](O[C@H]6[C@H](O)[C@@H](O)[C@@H](O[C@H]7[C@H](O)[C@@H](O)[C@@H](O[C@H]8[C@H](O)[C@@H](O)[C@@H](O[C@H]1[C@H](O)[C@H]2O)O[C@@H]8CO)O[C@@H]7CO)O[C@@H]6CO)O[C@@H]5CO)O[C@@H]4CO)O[C@@H]3CO. The molecule has 36 atom stereocenters. The molecule has 0 spiro atoms. The second-order valence-electron chi connectivity index (χ2n) is 21.0. The fourth-order valence-electron chi connectivity index (χ4n) is 10.9. The highest BCUT2D eigenvalue weighted by molar-refractivity contribution is 5.02. The molecule has 21 heterocycles. The normalized spacial score (nSPS) is 53.6. The van der Waals surface area contributed by atoms with Gasteiger partial charge in [-0.1, -0.05) is 0 Å². The van der Waals surface area contributed by atoms with E-state index in [1.165, 1.54) is 6.92 Å². The summed E-state index contributed by atoms with van der Waals surface area (Å²) in [6.07, 6.45) is -70.7. The van der Waals surface area contributed by atoms with Crippen LogP contribution in [0.1, 0.15) is 6.92 Å². The molecule has 21 rings (SSSR count). The number of aliphatic hydroxyl groups excluding tert-OH is 21. The van der Waals surface area contributed by atoms with Crippen molar-refractivity contribution in [2.24, 2.45) is 0 Å². The Labute approximate surface area is 459 Å². The van der Waals surface area contributed by atoms with Gasteiger partial charge in [0.15, 0.2) is 44.0 Å². The molecule has 0 radical (unpaired) electrons. The fraction of sp³-hybridized carbons (Fsp3) is 1.00. The molecule has 22 N–H and O–H groups in total. The van der Waals surface area contributed by atoms with E-state index in [-0.39, 0.29) is 13.1 Å². The molecule has 472 valence electrons. The minimum absolute atomic E-state index is 0.109. The molecule has 1 unspecified atom stereocenters. The summed E-state index contributed by atoms with van der Waals surface area (Å²) in [4.78, 5) is 0. The van der Waals surface area contributed by atoms with Crippen molar-refractivity contribution in [1.29, 1.82) is 0 Å². The minimum Gasteiger partial charge on any atom is -0.394 e. The Morgan fingerprint density at radius 3 is 0.580 bits per heavy atom. The summed E-state index contributed by atoms with van der Waals surface area (Å²) in [5.74, 6) is 0. The average molecular weight is 1190 g/mol. The van der Waals surface area contributed by atoms with Gasteiger partial charge >= 0.3 is 0 Å². The van der Waals surface area contributed by atoms with Crippen molar-refractivity contribution in [1.82, 2.24) is 5.32 Å². The monoisotopic (exact) mass is 1190 g/mol.